The van der Waals surface area contributed by atoms with Gasteiger partial charge in [0, 0.05) is 0 Å². The van der Waals surface area contributed by atoms with Gasteiger partial charge in [0.2, 0.25) is 0 Å². The van der Waals surface area contributed by atoms with Gasteiger partial charge in [0.25, 0.3) is 5.19 Å². The molecule has 0 saturated carbocycles. The molecule has 2 aromatic rings. The van der Waals surface area contributed by atoms with E-state index in [1.807, 2.05) is 0 Å². The number of rotatable bonds is 3. The van der Waals surface area contributed by atoms with Gasteiger partial charge < -0.3 is 9.47 Å². The van der Waals surface area contributed by atoms with E-state index in [1.165, 1.54) is 25.3 Å². The number of ether oxygens (including phenoxy) is 2. The molecule has 4 nitrogen and oxygen atoms in total. The van der Waals surface area contributed by atoms with E-state index >= 15 is 0 Å². The first-order chi connectivity index (χ1) is 9.01. The Morgan fingerprint density at radius 1 is 1.53 bits per heavy atom. The summed E-state index contributed by atoms with van der Waals surface area (Å²) in [5.41, 5.74) is 0. The van der Waals surface area contributed by atoms with Gasteiger partial charge in [-0.3, -0.25) is 0 Å². The number of esters is 1. The number of halogens is 3. The van der Waals surface area contributed by atoms with Crippen LogP contribution in [0.15, 0.2) is 22.7 Å². The molecule has 8 heteroatoms. The smallest absolute Gasteiger partial charge is 0.351 e. The van der Waals surface area contributed by atoms with Crippen LogP contribution in [0.25, 0.3) is 0 Å². The quantitative estimate of drug-likeness (QED) is 0.761. The first kappa shape index (κ1) is 14.2. The minimum Gasteiger partial charge on any atom is -0.465 e. The molecule has 1 heterocycles. The topological polar surface area (TPSA) is 48.4 Å². The summed E-state index contributed by atoms with van der Waals surface area (Å²) >= 11 is 9.90. The van der Waals surface area contributed by atoms with E-state index in [0.29, 0.717) is 10.2 Å². The standard InChI is InChI=1S/C11H6BrClFNO3S/c1-17-10(16)8-9(13)15-11(19-8)18-7-3-2-5(14)4-6(7)12/h2-4H,1H3. The summed E-state index contributed by atoms with van der Waals surface area (Å²) in [6, 6.07) is 3.94. The van der Waals surface area contributed by atoms with Gasteiger partial charge in [-0.25, -0.2) is 9.18 Å². The molecule has 0 unspecified atom stereocenters. The molecule has 0 fully saturated rings. The molecule has 0 aliphatic rings. The fraction of sp³-hybridized carbons (Fsp3) is 0.0909. The van der Waals surface area contributed by atoms with Gasteiger partial charge >= 0.3 is 5.97 Å². The summed E-state index contributed by atoms with van der Waals surface area (Å²) in [6.45, 7) is 0. The van der Waals surface area contributed by atoms with E-state index in [1.54, 1.807) is 0 Å². The predicted molar refractivity (Wildman–Crippen MR) is 72.6 cm³/mol. The second-order valence-electron chi connectivity index (χ2n) is 3.27. The number of thiazole rings is 1. The Balaban J connectivity index is 2.26. The van der Waals surface area contributed by atoms with Crippen molar-refractivity contribution in [2.45, 2.75) is 0 Å². The van der Waals surface area contributed by atoms with Crippen LogP contribution in [0.3, 0.4) is 0 Å². The van der Waals surface area contributed by atoms with E-state index in [4.69, 9.17) is 16.3 Å². The second-order valence-corrected chi connectivity index (χ2v) is 5.44. The molecule has 1 aromatic carbocycles. The third-order valence-corrected chi connectivity index (χ3v) is 3.95. The number of hydrogen-bond donors (Lipinski definition) is 0. The maximum atomic E-state index is 12.9. The molecule has 0 radical (unpaired) electrons. The average Bonchev–Trinajstić information content (AvgIpc) is 2.73. The van der Waals surface area contributed by atoms with Crippen molar-refractivity contribution < 1.29 is 18.7 Å². The molecule has 0 aliphatic carbocycles. The molecule has 0 saturated heterocycles. The Bertz CT molecular complexity index is 634. The lowest BCUT2D eigenvalue weighted by Gasteiger charge is -2.03. The highest BCUT2D eigenvalue weighted by Gasteiger charge is 2.19. The third-order valence-electron chi connectivity index (χ3n) is 2.03. The fourth-order valence-electron chi connectivity index (χ4n) is 1.20. The lowest BCUT2D eigenvalue weighted by molar-refractivity contribution is 0.0606. The van der Waals surface area contributed by atoms with Crippen molar-refractivity contribution in [3.05, 3.63) is 38.5 Å². The molecule has 0 N–H and O–H groups in total. The molecule has 100 valence electrons. The van der Waals surface area contributed by atoms with Crippen LogP contribution in [0.4, 0.5) is 4.39 Å². The molecule has 0 spiro atoms. The highest BCUT2D eigenvalue weighted by molar-refractivity contribution is 9.10. The molecule has 19 heavy (non-hydrogen) atoms. The van der Waals surface area contributed by atoms with E-state index in [0.717, 1.165) is 11.3 Å². The van der Waals surface area contributed by atoms with Crippen LogP contribution >= 0.6 is 38.9 Å². The Hall–Kier alpha value is -1.18. The maximum absolute atomic E-state index is 12.9. The summed E-state index contributed by atoms with van der Waals surface area (Å²) in [5.74, 6) is -0.620. The zero-order valence-corrected chi connectivity index (χ0v) is 12.6. The number of methoxy groups -OCH3 is 1. The van der Waals surface area contributed by atoms with Gasteiger partial charge in [0.05, 0.1) is 11.6 Å². The monoisotopic (exact) mass is 365 g/mol. The molecule has 1 aromatic heterocycles. The lowest BCUT2D eigenvalue weighted by atomic mass is 10.3. The summed E-state index contributed by atoms with van der Waals surface area (Å²) in [7, 11) is 1.25. The highest BCUT2D eigenvalue weighted by atomic mass is 79.9. The zero-order valence-electron chi connectivity index (χ0n) is 9.45. The summed E-state index contributed by atoms with van der Waals surface area (Å²) < 4.78 is 23.3. The van der Waals surface area contributed by atoms with Crippen molar-refractivity contribution in [2.75, 3.05) is 7.11 Å². The maximum Gasteiger partial charge on any atom is 0.351 e. The minimum absolute atomic E-state index is 0.00471. The number of carbonyl (C=O) groups excluding carboxylic acids is 1. The van der Waals surface area contributed by atoms with E-state index in [9.17, 15) is 9.18 Å². The Labute approximate surface area is 125 Å². The van der Waals surface area contributed by atoms with Crippen molar-refractivity contribution in [1.82, 2.24) is 4.98 Å². The van der Waals surface area contributed by atoms with E-state index in [2.05, 4.69) is 25.7 Å². The number of benzene rings is 1. The van der Waals surface area contributed by atoms with Gasteiger partial charge in [-0.2, -0.15) is 4.98 Å². The van der Waals surface area contributed by atoms with Gasteiger partial charge in [-0.05, 0) is 34.1 Å². The van der Waals surface area contributed by atoms with Crippen LogP contribution < -0.4 is 4.74 Å². The predicted octanol–water partition coefficient (Wildman–Crippen LogP) is 4.28. The largest absolute Gasteiger partial charge is 0.465 e. The van der Waals surface area contributed by atoms with Crippen molar-refractivity contribution in [3.8, 4) is 10.9 Å². The van der Waals surface area contributed by atoms with Gasteiger partial charge in [0.1, 0.15) is 11.6 Å². The molecule has 2 rings (SSSR count). The highest BCUT2D eigenvalue weighted by Crippen LogP contribution is 2.35. The lowest BCUT2D eigenvalue weighted by Crippen LogP contribution is -1.98. The van der Waals surface area contributed by atoms with Crippen LogP contribution in [-0.2, 0) is 4.74 Å². The Kier molecular flexibility index (Phi) is 4.38. The molecule has 0 aliphatic heterocycles. The summed E-state index contributed by atoms with van der Waals surface area (Å²) in [5, 5.41) is 0.169. The number of hydrogen-bond acceptors (Lipinski definition) is 5. The van der Waals surface area contributed by atoms with Crippen LogP contribution in [0.1, 0.15) is 9.67 Å². The van der Waals surface area contributed by atoms with Gasteiger partial charge in [-0.15, -0.1) is 0 Å². The Morgan fingerprint density at radius 2 is 2.26 bits per heavy atom. The van der Waals surface area contributed by atoms with Crippen molar-refractivity contribution in [3.63, 3.8) is 0 Å². The number of carbonyl (C=O) groups is 1. The Morgan fingerprint density at radius 3 is 2.89 bits per heavy atom. The minimum atomic E-state index is -0.587. The van der Waals surface area contributed by atoms with Crippen LogP contribution in [0.2, 0.25) is 5.15 Å². The SMILES string of the molecule is COC(=O)c1sc(Oc2ccc(F)cc2Br)nc1Cl. The molecular weight excluding hydrogens is 361 g/mol. The van der Waals surface area contributed by atoms with Crippen LogP contribution in [0, 0.1) is 5.82 Å². The van der Waals surface area contributed by atoms with Crippen LogP contribution in [0.5, 0.6) is 10.9 Å². The van der Waals surface area contributed by atoms with Crippen molar-refractivity contribution in [1.29, 1.82) is 0 Å². The van der Waals surface area contributed by atoms with Crippen LogP contribution in [-0.4, -0.2) is 18.1 Å². The molecule has 0 atom stereocenters. The third kappa shape index (κ3) is 3.23. The summed E-state index contributed by atoms with van der Waals surface area (Å²) in [4.78, 5) is 15.4. The normalized spacial score (nSPS) is 10.3. The molecule has 0 bridgehead atoms. The van der Waals surface area contributed by atoms with Crippen molar-refractivity contribution >= 4 is 44.8 Å². The molecule has 0 amide bonds. The fourth-order valence-corrected chi connectivity index (χ4v) is 2.69. The van der Waals surface area contributed by atoms with E-state index < -0.39 is 11.8 Å². The number of nitrogens with zero attached hydrogens (tertiary/aromatic N) is 1. The first-order valence-corrected chi connectivity index (χ1v) is 6.87. The van der Waals surface area contributed by atoms with E-state index in [-0.39, 0.29) is 15.2 Å². The first-order valence-electron chi connectivity index (χ1n) is 4.89. The van der Waals surface area contributed by atoms with Gasteiger partial charge in [0.15, 0.2) is 10.0 Å². The van der Waals surface area contributed by atoms with Crippen molar-refractivity contribution in [2.24, 2.45) is 0 Å². The van der Waals surface area contributed by atoms with Gasteiger partial charge in [-0.1, -0.05) is 22.9 Å². The zero-order chi connectivity index (χ0) is 14.0. The average molecular weight is 367 g/mol. The summed E-state index contributed by atoms with van der Waals surface area (Å²) in [6.07, 6.45) is 0. The molecular formula is C11H6BrClFNO3S. The second kappa shape index (κ2) is 5.85. The number of aromatic nitrogens is 1.